The highest BCUT2D eigenvalue weighted by atomic mass is 28.2. The van der Waals surface area contributed by atoms with Crippen molar-refractivity contribution in [3.8, 4) is 5.75 Å². The lowest BCUT2D eigenvalue weighted by Crippen LogP contribution is -1.94. The minimum atomic E-state index is -0.0226. The Morgan fingerprint density at radius 2 is 2.36 bits per heavy atom. The molecular weight excluding hydrogens is 156 g/mol. The first-order valence-corrected chi connectivity index (χ1v) is 4.52. The number of benzene rings is 1. The lowest BCUT2D eigenvalue weighted by atomic mass is 10.2. The molecule has 1 rings (SSSR count). The van der Waals surface area contributed by atoms with Gasteiger partial charge >= 0.3 is 0 Å². The predicted octanol–water partition coefficient (Wildman–Crippen LogP) is 0.807. The first kappa shape index (κ1) is 8.29. The molecular formula is C8H10O2Si. The molecule has 1 aromatic carbocycles. The molecule has 1 N–H and O–H groups in total. The highest BCUT2D eigenvalue weighted by Crippen LogP contribution is 2.11. The summed E-state index contributed by atoms with van der Waals surface area (Å²) in [5.41, 5.74) is 1.12. The summed E-state index contributed by atoms with van der Waals surface area (Å²) in [5, 5.41) is 0. The van der Waals surface area contributed by atoms with Gasteiger partial charge in [0.25, 0.3) is 0 Å². The molecule has 0 bridgehead atoms. The zero-order valence-electron chi connectivity index (χ0n) is 6.37. The van der Waals surface area contributed by atoms with E-state index in [0.29, 0.717) is 0 Å². The Bertz CT molecular complexity index is 225. The fraction of sp³-hybridized carbons (Fsp3) is 0.250. The predicted molar refractivity (Wildman–Crippen MR) is 44.7 cm³/mol. The summed E-state index contributed by atoms with van der Waals surface area (Å²) in [7, 11) is 1.62. The summed E-state index contributed by atoms with van der Waals surface area (Å²) in [6.45, 7) is 0. The molecule has 58 valence electrons. The van der Waals surface area contributed by atoms with Crippen molar-refractivity contribution >= 4 is 9.76 Å². The Morgan fingerprint density at radius 3 is 3.00 bits per heavy atom. The Kier molecular flexibility index (Phi) is 3.13. The first-order valence-electron chi connectivity index (χ1n) is 3.36. The van der Waals surface area contributed by atoms with Gasteiger partial charge in [0, 0.05) is 0 Å². The van der Waals surface area contributed by atoms with E-state index in [9.17, 15) is 0 Å². The maximum Gasteiger partial charge on any atom is 0.229 e. The summed E-state index contributed by atoms with van der Waals surface area (Å²) in [6.07, 6.45) is 0. The second-order valence-electron chi connectivity index (χ2n) is 2.19. The second-order valence-corrected chi connectivity index (χ2v) is 2.86. The monoisotopic (exact) mass is 166 g/mol. The average molecular weight is 166 g/mol. The SMILES string of the molecule is COc1cccc(C[Si]O)c1. The van der Waals surface area contributed by atoms with Gasteiger partial charge in [-0.2, -0.15) is 0 Å². The van der Waals surface area contributed by atoms with E-state index in [4.69, 9.17) is 9.53 Å². The molecule has 0 fully saturated rings. The van der Waals surface area contributed by atoms with Gasteiger partial charge in [0.2, 0.25) is 9.76 Å². The van der Waals surface area contributed by atoms with Crippen LogP contribution in [0.4, 0.5) is 0 Å². The van der Waals surface area contributed by atoms with Gasteiger partial charge < -0.3 is 9.53 Å². The molecule has 0 spiro atoms. The van der Waals surface area contributed by atoms with Gasteiger partial charge in [-0.05, 0) is 23.7 Å². The van der Waals surface area contributed by atoms with Gasteiger partial charge in [-0.15, -0.1) is 0 Å². The van der Waals surface area contributed by atoms with Crippen LogP contribution in [0.5, 0.6) is 5.75 Å². The molecule has 0 atom stereocenters. The molecule has 2 nitrogen and oxygen atoms in total. The number of hydrogen-bond acceptors (Lipinski definition) is 2. The van der Waals surface area contributed by atoms with Crippen LogP contribution in [0.3, 0.4) is 0 Å². The molecule has 2 radical (unpaired) electrons. The van der Waals surface area contributed by atoms with E-state index in [0.717, 1.165) is 17.4 Å². The molecule has 1 aromatic rings. The molecule has 0 aliphatic rings. The third kappa shape index (κ3) is 2.36. The second kappa shape index (κ2) is 4.15. The van der Waals surface area contributed by atoms with Gasteiger partial charge in [-0.3, -0.25) is 0 Å². The largest absolute Gasteiger partial charge is 0.497 e. The zero-order valence-corrected chi connectivity index (χ0v) is 7.37. The van der Waals surface area contributed by atoms with Crippen LogP contribution < -0.4 is 4.74 Å². The van der Waals surface area contributed by atoms with Gasteiger partial charge in [-0.25, -0.2) is 0 Å². The van der Waals surface area contributed by atoms with Crippen LogP contribution in [-0.4, -0.2) is 21.7 Å². The van der Waals surface area contributed by atoms with Crippen molar-refractivity contribution in [3.05, 3.63) is 29.8 Å². The number of methoxy groups -OCH3 is 1. The van der Waals surface area contributed by atoms with E-state index in [1.165, 1.54) is 0 Å². The van der Waals surface area contributed by atoms with Crippen LogP contribution in [0.1, 0.15) is 5.56 Å². The smallest absolute Gasteiger partial charge is 0.229 e. The van der Waals surface area contributed by atoms with E-state index in [1.54, 1.807) is 7.11 Å². The van der Waals surface area contributed by atoms with E-state index < -0.39 is 0 Å². The van der Waals surface area contributed by atoms with Crippen molar-refractivity contribution in [1.82, 2.24) is 0 Å². The molecule has 0 saturated heterocycles. The van der Waals surface area contributed by atoms with E-state index in [2.05, 4.69) is 0 Å². The van der Waals surface area contributed by atoms with Crippen LogP contribution in [0.2, 0.25) is 0 Å². The molecule has 0 saturated carbocycles. The normalized spacial score (nSPS) is 9.64. The number of hydrogen-bond donors (Lipinski definition) is 1. The van der Waals surface area contributed by atoms with E-state index in [1.807, 2.05) is 24.3 Å². The zero-order chi connectivity index (χ0) is 8.10. The van der Waals surface area contributed by atoms with Gasteiger partial charge in [0.15, 0.2) is 0 Å². The summed E-state index contributed by atoms with van der Waals surface area (Å²) in [4.78, 5) is 8.67. The maximum absolute atomic E-state index is 8.67. The summed E-state index contributed by atoms with van der Waals surface area (Å²) in [6, 6.07) is 8.45. The fourth-order valence-electron chi connectivity index (χ4n) is 0.874. The number of rotatable bonds is 3. The van der Waals surface area contributed by atoms with Crippen molar-refractivity contribution in [3.63, 3.8) is 0 Å². The van der Waals surface area contributed by atoms with Crippen LogP contribution in [-0.2, 0) is 6.04 Å². The molecule has 0 aliphatic carbocycles. The summed E-state index contributed by atoms with van der Waals surface area (Å²) in [5.74, 6) is 0.848. The molecule has 3 heteroatoms. The van der Waals surface area contributed by atoms with E-state index in [-0.39, 0.29) is 9.76 Å². The Hall–Kier alpha value is -0.803. The van der Waals surface area contributed by atoms with Gasteiger partial charge in [-0.1, -0.05) is 12.1 Å². The van der Waals surface area contributed by atoms with E-state index >= 15 is 0 Å². The lowest BCUT2D eigenvalue weighted by molar-refractivity contribution is 0.414. The molecule has 11 heavy (non-hydrogen) atoms. The minimum Gasteiger partial charge on any atom is -0.497 e. The highest BCUT2D eigenvalue weighted by molar-refractivity contribution is 6.24. The van der Waals surface area contributed by atoms with Crippen molar-refractivity contribution < 1.29 is 9.53 Å². The van der Waals surface area contributed by atoms with Crippen molar-refractivity contribution in [2.75, 3.05) is 7.11 Å². The topological polar surface area (TPSA) is 29.5 Å². The van der Waals surface area contributed by atoms with Gasteiger partial charge in [0.1, 0.15) is 5.75 Å². The maximum atomic E-state index is 8.67. The molecule has 0 heterocycles. The van der Waals surface area contributed by atoms with Crippen LogP contribution in [0.15, 0.2) is 24.3 Å². The van der Waals surface area contributed by atoms with Crippen LogP contribution in [0.25, 0.3) is 0 Å². The molecule has 0 aromatic heterocycles. The first-order chi connectivity index (χ1) is 5.36. The van der Waals surface area contributed by atoms with Crippen LogP contribution in [0, 0.1) is 0 Å². The third-order valence-corrected chi connectivity index (χ3v) is 1.98. The Morgan fingerprint density at radius 1 is 1.55 bits per heavy atom. The standard InChI is InChI=1S/C8H10O2Si/c1-10-8-4-2-3-7(5-8)6-11-9/h2-5,9H,6H2,1H3. The van der Waals surface area contributed by atoms with Crippen molar-refractivity contribution in [1.29, 1.82) is 0 Å². The summed E-state index contributed by atoms with van der Waals surface area (Å²) < 4.78 is 5.02. The Labute approximate surface area is 68.8 Å². The average Bonchev–Trinajstić information content (AvgIpc) is 2.06. The molecule has 0 aliphatic heterocycles. The van der Waals surface area contributed by atoms with Crippen molar-refractivity contribution in [2.45, 2.75) is 6.04 Å². The Balaban J connectivity index is 2.74. The quantitative estimate of drug-likeness (QED) is 0.673. The third-order valence-electron chi connectivity index (χ3n) is 1.42. The molecule has 0 unspecified atom stereocenters. The lowest BCUT2D eigenvalue weighted by Gasteiger charge is -2.00. The van der Waals surface area contributed by atoms with Crippen LogP contribution >= 0.6 is 0 Å². The summed E-state index contributed by atoms with van der Waals surface area (Å²) >= 11 is 0. The van der Waals surface area contributed by atoms with Crippen molar-refractivity contribution in [2.24, 2.45) is 0 Å². The highest BCUT2D eigenvalue weighted by Gasteiger charge is 1.94. The van der Waals surface area contributed by atoms with Gasteiger partial charge in [0.05, 0.1) is 7.11 Å². The number of ether oxygens (including phenoxy) is 1. The fourth-order valence-corrected chi connectivity index (χ4v) is 1.28. The minimum absolute atomic E-state index is 0.0226. The molecule has 0 amide bonds.